The summed E-state index contributed by atoms with van der Waals surface area (Å²) in [4.78, 5) is 30.6. The molecule has 2 aliphatic rings. The number of benzene rings is 1. The minimum Gasteiger partial charge on any atom is -0.368 e. The highest BCUT2D eigenvalue weighted by Crippen LogP contribution is 2.26. The molecule has 136 valence electrons. The first-order valence-corrected chi connectivity index (χ1v) is 9.24. The van der Waals surface area contributed by atoms with Crippen molar-refractivity contribution in [2.24, 2.45) is 5.73 Å². The Balaban J connectivity index is 1.56. The van der Waals surface area contributed by atoms with Gasteiger partial charge in [-0.25, -0.2) is 0 Å². The number of hydrogen-bond acceptors (Lipinski definition) is 4. The van der Waals surface area contributed by atoms with Gasteiger partial charge in [-0.15, -0.1) is 0 Å². The molecule has 1 aromatic carbocycles. The molecule has 1 atom stereocenters. The SMILES string of the molecule is CC[C@@H](C(N)=O)N1CCN(CC(=O)N2CCCc3ccccc32)CC1. The lowest BCUT2D eigenvalue weighted by atomic mass is 10.0. The monoisotopic (exact) mass is 344 g/mol. The van der Waals surface area contributed by atoms with E-state index in [0.717, 1.165) is 57.7 Å². The number of nitrogens with two attached hydrogens (primary N) is 1. The fraction of sp³-hybridized carbons (Fsp3) is 0.579. The van der Waals surface area contributed by atoms with Crippen LogP contribution in [0.15, 0.2) is 24.3 Å². The lowest BCUT2D eigenvalue weighted by Crippen LogP contribution is -2.55. The van der Waals surface area contributed by atoms with Gasteiger partial charge in [-0.05, 0) is 30.9 Å². The minimum atomic E-state index is -0.253. The number of rotatable bonds is 5. The van der Waals surface area contributed by atoms with E-state index in [-0.39, 0.29) is 17.9 Å². The topological polar surface area (TPSA) is 69.9 Å². The van der Waals surface area contributed by atoms with Gasteiger partial charge in [-0.3, -0.25) is 19.4 Å². The van der Waals surface area contributed by atoms with E-state index in [4.69, 9.17) is 5.73 Å². The van der Waals surface area contributed by atoms with Crippen molar-refractivity contribution in [2.75, 3.05) is 44.2 Å². The predicted molar refractivity (Wildman–Crippen MR) is 98.4 cm³/mol. The molecule has 1 aromatic rings. The van der Waals surface area contributed by atoms with Crippen molar-refractivity contribution in [3.05, 3.63) is 29.8 Å². The van der Waals surface area contributed by atoms with Crippen LogP contribution in [0.5, 0.6) is 0 Å². The number of fused-ring (bicyclic) bond motifs is 1. The molecule has 1 fully saturated rings. The first kappa shape index (κ1) is 17.9. The van der Waals surface area contributed by atoms with Gasteiger partial charge in [0.15, 0.2) is 0 Å². The van der Waals surface area contributed by atoms with Gasteiger partial charge in [-0.2, -0.15) is 0 Å². The number of piperazine rings is 1. The van der Waals surface area contributed by atoms with Crippen molar-refractivity contribution in [2.45, 2.75) is 32.2 Å². The Morgan fingerprint density at radius 3 is 2.52 bits per heavy atom. The quantitative estimate of drug-likeness (QED) is 0.860. The zero-order valence-electron chi connectivity index (χ0n) is 15.0. The van der Waals surface area contributed by atoms with Crippen LogP contribution in [0.1, 0.15) is 25.3 Å². The van der Waals surface area contributed by atoms with Crippen LogP contribution in [0.25, 0.3) is 0 Å². The summed E-state index contributed by atoms with van der Waals surface area (Å²) in [5, 5.41) is 0. The fourth-order valence-electron chi connectivity index (χ4n) is 3.94. The fourth-order valence-corrected chi connectivity index (χ4v) is 3.94. The van der Waals surface area contributed by atoms with E-state index in [2.05, 4.69) is 15.9 Å². The molecule has 0 saturated carbocycles. The van der Waals surface area contributed by atoms with Crippen LogP contribution < -0.4 is 10.6 Å². The average molecular weight is 344 g/mol. The summed E-state index contributed by atoms with van der Waals surface area (Å²) in [7, 11) is 0. The lowest BCUT2D eigenvalue weighted by Gasteiger charge is -2.38. The van der Waals surface area contributed by atoms with Gasteiger partial charge in [0.1, 0.15) is 0 Å². The molecule has 2 N–H and O–H groups in total. The number of carbonyl (C=O) groups excluding carboxylic acids is 2. The molecule has 3 rings (SSSR count). The number of nitrogens with zero attached hydrogens (tertiary/aromatic N) is 3. The standard InChI is InChI=1S/C19H28N4O2/c1-2-16(19(20)25)22-12-10-21(11-13-22)14-18(24)23-9-5-7-15-6-3-4-8-17(15)23/h3-4,6,8,16H,2,5,7,9-14H2,1H3,(H2,20,25)/t16-/m0/s1. The van der Waals surface area contributed by atoms with E-state index >= 15 is 0 Å². The van der Waals surface area contributed by atoms with E-state index in [9.17, 15) is 9.59 Å². The van der Waals surface area contributed by atoms with Gasteiger partial charge in [0, 0.05) is 38.4 Å². The van der Waals surface area contributed by atoms with Gasteiger partial charge in [0.05, 0.1) is 12.6 Å². The number of primary amides is 1. The van der Waals surface area contributed by atoms with Crippen molar-refractivity contribution < 1.29 is 9.59 Å². The molecule has 0 unspecified atom stereocenters. The van der Waals surface area contributed by atoms with Crippen LogP contribution >= 0.6 is 0 Å². The third kappa shape index (κ3) is 4.02. The average Bonchev–Trinajstić information content (AvgIpc) is 2.63. The van der Waals surface area contributed by atoms with Crippen molar-refractivity contribution >= 4 is 17.5 Å². The first-order chi connectivity index (χ1) is 12.1. The van der Waals surface area contributed by atoms with Crippen LogP contribution in [0.3, 0.4) is 0 Å². The summed E-state index contributed by atoms with van der Waals surface area (Å²) in [5.74, 6) is -0.0838. The lowest BCUT2D eigenvalue weighted by molar-refractivity contribution is -0.125. The van der Waals surface area contributed by atoms with Crippen LogP contribution in [0.4, 0.5) is 5.69 Å². The van der Waals surface area contributed by atoms with Gasteiger partial charge in [0.2, 0.25) is 11.8 Å². The maximum absolute atomic E-state index is 12.8. The minimum absolute atomic E-state index is 0.169. The predicted octanol–water partition coefficient (Wildman–Crippen LogP) is 0.847. The molecule has 6 nitrogen and oxygen atoms in total. The normalized spacial score (nSPS) is 20.1. The van der Waals surface area contributed by atoms with Crippen molar-refractivity contribution in [3.63, 3.8) is 0 Å². The number of hydrogen-bond donors (Lipinski definition) is 1. The van der Waals surface area contributed by atoms with Crippen LogP contribution in [0, 0.1) is 0 Å². The van der Waals surface area contributed by atoms with Crippen LogP contribution in [-0.2, 0) is 16.0 Å². The number of anilines is 1. The second-order valence-electron chi connectivity index (χ2n) is 6.92. The number of carbonyl (C=O) groups is 2. The largest absolute Gasteiger partial charge is 0.368 e. The number of para-hydroxylation sites is 1. The molecular weight excluding hydrogens is 316 g/mol. The van der Waals surface area contributed by atoms with Crippen molar-refractivity contribution in [1.29, 1.82) is 0 Å². The van der Waals surface area contributed by atoms with E-state index in [1.54, 1.807) is 0 Å². The Labute approximate surface area is 149 Å². The highest BCUT2D eigenvalue weighted by atomic mass is 16.2. The number of aryl methyl sites for hydroxylation is 1. The Kier molecular flexibility index (Phi) is 5.71. The Bertz CT molecular complexity index is 626. The first-order valence-electron chi connectivity index (χ1n) is 9.24. The second kappa shape index (κ2) is 7.97. The number of amides is 2. The van der Waals surface area contributed by atoms with Crippen molar-refractivity contribution in [3.8, 4) is 0 Å². The molecule has 0 bridgehead atoms. The molecule has 6 heteroatoms. The van der Waals surface area contributed by atoms with Gasteiger partial charge in [-0.1, -0.05) is 25.1 Å². The summed E-state index contributed by atoms with van der Waals surface area (Å²) in [6, 6.07) is 8.00. The molecule has 0 aromatic heterocycles. The molecule has 2 heterocycles. The zero-order valence-corrected chi connectivity index (χ0v) is 15.0. The third-order valence-corrected chi connectivity index (χ3v) is 5.33. The summed E-state index contributed by atoms with van der Waals surface area (Å²) < 4.78 is 0. The van der Waals surface area contributed by atoms with Crippen LogP contribution in [-0.4, -0.2) is 66.9 Å². The maximum Gasteiger partial charge on any atom is 0.241 e. The molecule has 2 amide bonds. The summed E-state index contributed by atoms with van der Waals surface area (Å²) in [5.41, 5.74) is 7.81. The molecule has 2 aliphatic heterocycles. The highest BCUT2D eigenvalue weighted by molar-refractivity contribution is 5.96. The Morgan fingerprint density at radius 1 is 1.12 bits per heavy atom. The summed E-state index contributed by atoms with van der Waals surface area (Å²) >= 11 is 0. The summed E-state index contributed by atoms with van der Waals surface area (Å²) in [6.45, 7) is 6.39. The smallest absolute Gasteiger partial charge is 0.241 e. The molecule has 1 saturated heterocycles. The highest BCUT2D eigenvalue weighted by Gasteiger charge is 2.28. The van der Waals surface area contributed by atoms with E-state index in [1.165, 1.54) is 5.56 Å². The Hall–Kier alpha value is -1.92. The molecule has 0 spiro atoms. The van der Waals surface area contributed by atoms with Gasteiger partial charge < -0.3 is 10.6 Å². The molecule has 0 aliphatic carbocycles. The maximum atomic E-state index is 12.8. The Morgan fingerprint density at radius 2 is 1.84 bits per heavy atom. The molecule has 0 radical (unpaired) electrons. The summed E-state index contributed by atoms with van der Waals surface area (Å²) in [6.07, 6.45) is 2.80. The second-order valence-corrected chi connectivity index (χ2v) is 6.92. The van der Waals surface area contributed by atoms with Crippen molar-refractivity contribution in [1.82, 2.24) is 9.80 Å². The third-order valence-electron chi connectivity index (χ3n) is 5.33. The van der Waals surface area contributed by atoms with Crippen LogP contribution in [0.2, 0.25) is 0 Å². The molecular formula is C19H28N4O2. The van der Waals surface area contributed by atoms with Gasteiger partial charge >= 0.3 is 0 Å². The van der Waals surface area contributed by atoms with E-state index < -0.39 is 0 Å². The zero-order chi connectivity index (χ0) is 17.8. The van der Waals surface area contributed by atoms with E-state index in [1.807, 2.05) is 30.0 Å². The van der Waals surface area contributed by atoms with E-state index in [0.29, 0.717) is 6.54 Å². The van der Waals surface area contributed by atoms with Gasteiger partial charge in [0.25, 0.3) is 0 Å². The molecule has 25 heavy (non-hydrogen) atoms.